The third-order valence-corrected chi connectivity index (χ3v) is 2.02. The van der Waals surface area contributed by atoms with Gasteiger partial charge in [0.05, 0.1) is 5.56 Å². The smallest absolute Gasteiger partial charge is 0.203 e. The summed E-state index contributed by atoms with van der Waals surface area (Å²) in [6.07, 6.45) is 4.74. The number of nitrogens with zero attached hydrogens (tertiary/aromatic N) is 4. The molecule has 0 saturated heterocycles. The Balaban J connectivity index is 2.45. The van der Waals surface area contributed by atoms with Gasteiger partial charge in [0.1, 0.15) is 6.33 Å². The first-order chi connectivity index (χ1) is 5.86. The van der Waals surface area contributed by atoms with Crippen molar-refractivity contribution >= 4 is 23.1 Å². The number of hydrogen-bond donors (Lipinski definition) is 0. The van der Waals surface area contributed by atoms with Crippen LogP contribution >= 0.6 is 23.1 Å². The second-order valence-electron chi connectivity index (χ2n) is 2.00. The molecule has 0 bridgehead atoms. The van der Waals surface area contributed by atoms with Crippen LogP contribution in [0.2, 0.25) is 4.47 Å². The third kappa shape index (κ3) is 1.41. The van der Waals surface area contributed by atoms with Crippen molar-refractivity contribution in [3.05, 3.63) is 23.2 Å². The first-order valence-corrected chi connectivity index (χ1v) is 4.26. The van der Waals surface area contributed by atoms with Gasteiger partial charge in [0.15, 0.2) is 5.82 Å². The lowest BCUT2D eigenvalue weighted by molar-refractivity contribution is 1.15. The Morgan fingerprint density at radius 2 is 2.00 bits per heavy atom. The van der Waals surface area contributed by atoms with Gasteiger partial charge in [-0.05, 0) is 23.1 Å². The van der Waals surface area contributed by atoms with E-state index in [0.29, 0.717) is 10.3 Å². The minimum atomic E-state index is 0.425. The molecular weight excluding hydrogens is 196 g/mol. The third-order valence-electron chi connectivity index (χ3n) is 1.22. The second kappa shape index (κ2) is 3.12. The van der Waals surface area contributed by atoms with Crippen LogP contribution in [0.4, 0.5) is 0 Å². The molecule has 4 nitrogen and oxygen atoms in total. The number of halogens is 1. The van der Waals surface area contributed by atoms with Crippen LogP contribution in [0, 0.1) is 0 Å². The molecule has 0 fully saturated rings. The van der Waals surface area contributed by atoms with E-state index in [1.165, 1.54) is 6.33 Å². The molecule has 2 heterocycles. The van der Waals surface area contributed by atoms with Crippen molar-refractivity contribution in [2.24, 2.45) is 0 Å². The van der Waals surface area contributed by atoms with Gasteiger partial charge in [-0.2, -0.15) is 4.37 Å². The van der Waals surface area contributed by atoms with E-state index in [9.17, 15) is 0 Å². The van der Waals surface area contributed by atoms with Crippen LogP contribution in [0.5, 0.6) is 0 Å². The normalized spacial score (nSPS) is 10.1. The van der Waals surface area contributed by atoms with E-state index >= 15 is 0 Å². The predicted molar refractivity (Wildman–Crippen MR) is 45.9 cm³/mol. The summed E-state index contributed by atoms with van der Waals surface area (Å²) in [6, 6.07) is 0. The summed E-state index contributed by atoms with van der Waals surface area (Å²) in [5.41, 5.74) is 0.778. The van der Waals surface area contributed by atoms with Crippen molar-refractivity contribution in [2.45, 2.75) is 0 Å². The quantitative estimate of drug-likeness (QED) is 0.699. The molecule has 2 aromatic heterocycles. The molecule has 0 aliphatic heterocycles. The molecule has 0 unspecified atom stereocenters. The van der Waals surface area contributed by atoms with Crippen molar-refractivity contribution in [1.82, 2.24) is 19.3 Å². The molecule has 6 heteroatoms. The molecule has 2 rings (SSSR count). The van der Waals surface area contributed by atoms with Crippen LogP contribution in [-0.4, -0.2) is 19.3 Å². The van der Waals surface area contributed by atoms with E-state index in [4.69, 9.17) is 11.6 Å². The summed E-state index contributed by atoms with van der Waals surface area (Å²) >= 11 is 6.76. The molecule has 0 saturated carbocycles. The Labute approximate surface area is 77.5 Å². The Hall–Kier alpha value is -1.07. The first kappa shape index (κ1) is 7.57. The lowest BCUT2D eigenvalue weighted by Crippen LogP contribution is -1.82. The minimum absolute atomic E-state index is 0.425. The Morgan fingerprint density at radius 3 is 2.58 bits per heavy atom. The fourth-order valence-corrected chi connectivity index (χ4v) is 1.36. The lowest BCUT2D eigenvalue weighted by Gasteiger charge is -1.89. The molecule has 0 atom stereocenters. The van der Waals surface area contributed by atoms with Gasteiger partial charge in [0.25, 0.3) is 0 Å². The molecule has 0 N–H and O–H groups in total. The Morgan fingerprint density at radius 1 is 1.25 bits per heavy atom. The maximum Gasteiger partial charge on any atom is 0.203 e. The SMILES string of the molecule is Clc1nc(-c2cncnc2)ns1. The van der Waals surface area contributed by atoms with Gasteiger partial charge >= 0.3 is 0 Å². The highest BCUT2D eigenvalue weighted by molar-refractivity contribution is 7.10. The van der Waals surface area contributed by atoms with Crippen LogP contribution < -0.4 is 0 Å². The van der Waals surface area contributed by atoms with Crippen LogP contribution in [0.15, 0.2) is 18.7 Å². The van der Waals surface area contributed by atoms with E-state index < -0.39 is 0 Å². The predicted octanol–water partition coefficient (Wildman–Crippen LogP) is 1.65. The van der Waals surface area contributed by atoms with Gasteiger partial charge in [-0.25, -0.2) is 15.0 Å². The molecule has 60 valence electrons. The summed E-state index contributed by atoms with van der Waals surface area (Å²) < 4.78 is 4.43. The molecule has 0 radical (unpaired) electrons. The van der Waals surface area contributed by atoms with Crippen molar-refractivity contribution in [3.63, 3.8) is 0 Å². The van der Waals surface area contributed by atoms with Gasteiger partial charge in [0, 0.05) is 12.4 Å². The summed E-state index contributed by atoms with van der Waals surface area (Å²) in [5.74, 6) is 0.575. The maximum atomic E-state index is 5.61. The van der Waals surface area contributed by atoms with E-state index in [2.05, 4.69) is 19.3 Å². The molecular formula is C6H3ClN4S. The van der Waals surface area contributed by atoms with Gasteiger partial charge in [-0.1, -0.05) is 0 Å². The van der Waals surface area contributed by atoms with E-state index in [0.717, 1.165) is 17.1 Å². The zero-order chi connectivity index (χ0) is 8.39. The fraction of sp³-hybridized carbons (Fsp3) is 0. The van der Waals surface area contributed by atoms with E-state index in [1.807, 2.05) is 0 Å². The topological polar surface area (TPSA) is 51.6 Å². The van der Waals surface area contributed by atoms with E-state index in [-0.39, 0.29) is 0 Å². The molecule has 12 heavy (non-hydrogen) atoms. The highest BCUT2D eigenvalue weighted by Gasteiger charge is 2.03. The standard InChI is InChI=1S/C6H3ClN4S/c7-6-10-5(11-12-6)4-1-8-3-9-2-4/h1-3H. The van der Waals surface area contributed by atoms with Crippen molar-refractivity contribution < 1.29 is 0 Å². The zero-order valence-electron chi connectivity index (χ0n) is 5.81. The van der Waals surface area contributed by atoms with Gasteiger partial charge in [0.2, 0.25) is 4.47 Å². The van der Waals surface area contributed by atoms with Crippen LogP contribution in [-0.2, 0) is 0 Å². The van der Waals surface area contributed by atoms with E-state index in [1.54, 1.807) is 12.4 Å². The summed E-state index contributed by atoms with van der Waals surface area (Å²) in [4.78, 5) is 11.7. The Kier molecular flexibility index (Phi) is 1.97. The number of aromatic nitrogens is 4. The monoisotopic (exact) mass is 198 g/mol. The van der Waals surface area contributed by atoms with Gasteiger partial charge in [-0.15, -0.1) is 0 Å². The maximum absolute atomic E-state index is 5.61. The largest absolute Gasteiger partial charge is 0.244 e. The summed E-state index contributed by atoms with van der Waals surface area (Å²) in [5, 5.41) is 0. The number of rotatable bonds is 1. The van der Waals surface area contributed by atoms with Crippen LogP contribution in [0.1, 0.15) is 0 Å². The second-order valence-corrected chi connectivity index (χ2v) is 3.33. The molecule has 0 amide bonds. The molecule has 2 aromatic rings. The average molecular weight is 199 g/mol. The zero-order valence-corrected chi connectivity index (χ0v) is 7.38. The summed E-state index contributed by atoms with van der Waals surface area (Å²) in [6.45, 7) is 0. The van der Waals surface area contributed by atoms with Crippen LogP contribution in [0.3, 0.4) is 0 Å². The number of hydrogen-bond acceptors (Lipinski definition) is 5. The lowest BCUT2D eigenvalue weighted by atomic mass is 10.3. The van der Waals surface area contributed by atoms with Gasteiger partial charge < -0.3 is 0 Å². The van der Waals surface area contributed by atoms with Gasteiger partial charge in [-0.3, -0.25) is 0 Å². The van der Waals surface area contributed by atoms with Crippen LogP contribution in [0.25, 0.3) is 11.4 Å². The average Bonchev–Trinajstić information content (AvgIpc) is 2.54. The molecule has 0 aromatic carbocycles. The van der Waals surface area contributed by atoms with Crippen molar-refractivity contribution in [3.8, 4) is 11.4 Å². The highest BCUT2D eigenvalue weighted by atomic mass is 35.5. The van der Waals surface area contributed by atoms with Crippen molar-refractivity contribution in [2.75, 3.05) is 0 Å². The molecule has 0 aliphatic rings. The molecule has 0 spiro atoms. The Bertz CT molecular complexity index is 374. The highest BCUT2D eigenvalue weighted by Crippen LogP contribution is 2.18. The van der Waals surface area contributed by atoms with Crippen molar-refractivity contribution in [1.29, 1.82) is 0 Å². The molecule has 0 aliphatic carbocycles. The summed E-state index contributed by atoms with van der Waals surface area (Å²) in [7, 11) is 0. The fourth-order valence-electron chi connectivity index (χ4n) is 0.737. The first-order valence-electron chi connectivity index (χ1n) is 3.11. The minimum Gasteiger partial charge on any atom is -0.244 e.